The lowest BCUT2D eigenvalue weighted by Crippen LogP contribution is -2.34. The molecule has 0 bridgehead atoms. The topological polar surface area (TPSA) is 53.5 Å². The lowest BCUT2D eigenvalue weighted by Gasteiger charge is -2.21. The van der Waals surface area contributed by atoms with Gasteiger partial charge in [-0.15, -0.1) is 6.58 Å². The van der Waals surface area contributed by atoms with Crippen LogP contribution in [0, 0.1) is 5.92 Å². The number of hydrogen-bond donors (Lipinski definition) is 0. The predicted octanol–water partition coefficient (Wildman–Crippen LogP) is 2.23. The second-order valence-electron chi connectivity index (χ2n) is 6.18. The molecule has 0 aliphatic carbocycles. The maximum atomic E-state index is 12.6. The normalized spacial score (nSPS) is 17.3. The highest BCUT2D eigenvalue weighted by Crippen LogP contribution is 2.20. The van der Waals surface area contributed by atoms with Crippen molar-refractivity contribution in [1.29, 1.82) is 0 Å². The molecule has 0 saturated carbocycles. The molecular weight excluding hydrogens is 302 g/mol. The maximum absolute atomic E-state index is 12.6. The first-order chi connectivity index (χ1) is 11.6. The molecule has 5 nitrogen and oxygen atoms in total. The fourth-order valence-electron chi connectivity index (χ4n) is 3.10. The van der Waals surface area contributed by atoms with Gasteiger partial charge in [0.15, 0.2) is 0 Å². The van der Waals surface area contributed by atoms with E-state index in [1.54, 1.807) is 22.9 Å². The molecule has 3 rings (SSSR count). The number of carbonyl (C=O) groups excluding carboxylic acids is 2. The summed E-state index contributed by atoms with van der Waals surface area (Å²) >= 11 is 0. The number of benzene rings is 1. The Balaban J connectivity index is 1.67. The highest BCUT2D eigenvalue weighted by atomic mass is 16.2. The molecule has 5 heteroatoms. The lowest BCUT2D eigenvalue weighted by atomic mass is 10.1. The molecule has 2 heterocycles. The van der Waals surface area contributed by atoms with E-state index in [-0.39, 0.29) is 24.2 Å². The number of nitrogens with zero attached hydrogens (tertiary/aromatic N) is 3. The lowest BCUT2D eigenvalue weighted by molar-refractivity contribution is -0.135. The molecule has 1 unspecified atom stereocenters. The zero-order valence-corrected chi connectivity index (χ0v) is 13.8. The Morgan fingerprint density at radius 1 is 1.38 bits per heavy atom. The highest BCUT2D eigenvalue weighted by Gasteiger charge is 2.35. The summed E-state index contributed by atoms with van der Waals surface area (Å²) in [6.07, 6.45) is 1.97. The van der Waals surface area contributed by atoms with Gasteiger partial charge in [-0.3, -0.25) is 14.6 Å². The number of fused-ring (bicyclic) bond motifs is 1. The van der Waals surface area contributed by atoms with Crippen LogP contribution in [0.25, 0.3) is 10.9 Å². The van der Waals surface area contributed by atoms with Crippen LogP contribution in [0.1, 0.15) is 12.1 Å². The molecule has 1 fully saturated rings. The summed E-state index contributed by atoms with van der Waals surface area (Å²) in [4.78, 5) is 32.4. The molecule has 24 heavy (non-hydrogen) atoms. The number of rotatable bonds is 5. The van der Waals surface area contributed by atoms with E-state index < -0.39 is 0 Å². The van der Waals surface area contributed by atoms with Crippen molar-refractivity contribution in [1.82, 2.24) is 14.8 Å². The average molecular weight is 323 g/mol. The fourth-order valence-corrected chi connectivity index (χ4v) is 3.10. The van der Waals surface area contributed by atoms with Crippen molar-refractivity contribution >= 4 is 22.7 Å². The van der Waals surface area contributed by atoms with E-state index in [1.807, 2.05) is 36.4 Å². The number of para-hydroxylation sites is 1. The Morgan fingerprint density at radius 3 is 2.96 bits per heavy atom. The molecule has 1 aromatic heterocycles. The molecular formula is C19H21N3O2. The molecule has 1 aromatic carbocycles. The van der Waals surface area contributed by atoms with Gasteiger partial charge < -0.3 is 9.80 Å². The van der Waals surface area contributed by atoms with Gasteiger partial charge in [-0.05, 0) is 12.1 Å². The molecule has 0 N–H and O–H groups in total. The summed E-state index contributed by atoms with van der Waals surface area (Å²) in [5.41, 5.74) is 1.76. The zero-order valence-electron chi connectivity index (χ0n) is 13.8. The van der Waals surface area contributed by atoms with Crippen LogP contribution >= 0.6 is 0 Å². The van der Waals surface area contributed by atoms with Crippen LogP contribution in [0.2, 0.25) is 0 Å². The van der Waals surface area contributed by atoms with Crippen LogP contribution < -0.4 is 0 Å². The van der Waals surface area contributed by atoms with Gasteiger partial charge in [0.25, 0.3) is 0 Å². The summed E-state index contributed by atoms with van der Waals surface area (Å²) in [6.45, 7) is 5.06. The van der Waals surface area contributed by atoms with Crippen molar-refractivity contribution in [2.45, 2.75) is 13.0 Å². The van der Waals surface area contributed by atoms with Gasteiger partial charge in [-0.2, -0.15) is 0 Å². The minimum Gasteiger partial charge on any atom is -0.340 e. The van der Waals surface area contributed by atoms with Crippen molar-refractivity contribution in [3.8, 4) is 0 Å². The second kappa shape index (κ2) is 6.83. The highest BCUT2D eigenvalue weighted by molar-refractivity contribution is 5.89. The van der Waals surface area contributed by atoms with Gasteiger partial charge >= 0.3 is 0 Å². The SMILES string of the molecule is C=CCN1CC(C(=O)N(C)Cc2ccc3ccccc3n2)CC1=O. The third kappa shape index (κ3) is 3.30. The van der Waals surface area contributed by atoms with E-state index >= 15 is 0 Å². The Hall–Kier alpha value is -2.69. The largest absolute Gasteiger partial charge is 0.340 e. The van der Waals surface area contributed by atoms with Gasteiger partial charge in [0, 0.05) is 31.9 Å². The van der Waals surface area contributed by atoms with Crippen LogP contribution in [-0.4, -0.2) is 46.7 Å². The minimum atomic E-state index is -0.275. The van der Waals surface area contributed by atoms with E-state index in [9.17, 15) is 9.59 Å². The zero-order chi connectivity index (χ0) is 17.1. The third-order valence-corrected chi connectivity index (χ3v) is 4.34. The summed E-state index contributed by atoms with van der Waals surface area (Å²) < 4.78 is 0. The van der Waals surface area contributed by atoms with Crippen molar-refractivity contribution in [2.75, 3.05) is 20.1 Å². The number of likely N-dealkylation sites (tertiary alicyclic amines) is 1. The van der Waals surface area contributed by atoms with E-state index in [2.05, 4.69) is 11.6 Å². The van der Waals surface area contributed by atoms with Crippen molar-refractivity contribution < 1.29 is 9.59 Å². The van der Waals surface area contributed by atoms with Crippen LogP contribution in [0.5, 0.6) is 0 Å². The van der Waals surface area contributed by atoms with Crippen molar-refractivity contribution in [3.63, 3.8) is 0 Å². The van der Waals surface area contributed by atoms with Crippen LogP contribution in [0.4, 0.5) is 0 Å². The number of pyridine rings is 1. The molecule has 124 valence electrons. The molecule has 1 atom stereocenters. The maximum Gasteiger partial charge on any atom is 0.228 e. The van der Waals surface area contributed by atoms with Crippen LogP contribution in [0.3, 0.4) is 0 Å². The monoisotopic (exact) mass is 323 g/mol. The van der Waals surface area contributed by atoms with Gasteiger partial charge in [0.05, 0.1) is 23.7 Å². The van der Waals surface area contributed by atoms with E-state index in [1.165, 1.54) is 0 Å². The summed E-state index contributed by atoms with van der Waals surface area (Å²) in [5.74, 6) is -0.266. The number of hydrogen-bond acceptors (Lipinski definition) is 3. The molecule has 2 amide bonds. The van der Waals surface area contributed by atoms with E-state index in [4.69, 9.17) is 0 Å². The van der Waals surface area contributed by atoms with Crippen molar-refractivity contribution in [3.05, 3.63) is 54.7 Å². The summed E-state index contributed by atoms with van der Waals surface area (Å²) in [5, 5.41) is 1.08. The molecule has 1 aliphatic heterocycles. The Kier molecular flexibility index (Phi) is 4.60. The van der Waals surface area contributed by atoms with Crippen molar-refractivity contribution in [2.24, 2.45) is 5.92 Å². The molecule has 0 radical (unpaired) electrons. The third-order valence-electron chi connectivity index (χ3n) is 4.34. The standard InChI is InChI=1S/C19H21N3O2/c1-3-10-22-12-15(11-18(22)23)19(24)21(2)13-16-9-8-14-6-4-5-7-17(14)20-16/h3-9,15H,1,10-13H2,2H3. The Morgan fingerprint density at radius 2 is 2.17 bits per heavy atom. The molecule has 2 aromatic rings. The second-order valence-corrected chi connectivity index (χ2v) is 6.18. The van der Waals surface area contributed by atoms with Gasteiger partial charge in [-0.25, -0.2) is 0 Å². The Bertz CT molecular complexity index is 787. The first-order valence-electron chi connectivity index (χ1n) is 8.07. The number of amides is 2. The summed E-state index contributed by atoms with van der Waals surface area (Å²) in [6, 6.07) is 11.9. The average Bonchev–Trinajstić information content (AvgIpc) is 2.95. The molecule has 1 aliphatic rings. The fraction of sp³-hybridized carbons (Fsp3) is 0.316. The van der Waals surface area contributed by atoms with Gasteiger partial charge in [0.1, 0.15) is 0 Å². The van der Waals surface area contributed by atoms with E-state index in [0.717, 1.165) is 16.6 Å². The van der Waals surface area contributed by atoms with Crippen LogP contribution in [-0.2, 0) is 16.1 Å². The quantitative estimate of drug-likeness (QED) is 0.793. The first-order valence-corrected chi connectivity index (χ1v) is 8.07. The van der Waals surface area contributed by atoms with E-state index in [0.29, 0.717) is 19.6 Å². The summed E-state index contributed by atoms with van der Waals surface area (Å²) in [7, 11) is 1.76. The number of carbonyl (C=O) groups is 2. The Labute approximate surface area is 141 Å². The molecule has 0 spiro atoms. The minimum absolute atomic E-state index is 0.00938. The smallest absolute Gasteiger partial charge is 0.228 e. The molecule has 1 saturated heterocycles. The van der Waals surface area contributed by atoms with Gasteiger partial charge in [0.2, 0.25) is 11.8 Å². The predicted molar refractivity (Wildman–Crippen MR) is 93.1 cm³/mol. The first kappa shape index (κ1) is 16.2. The number of aromatic nitrogens is 1. The van der Waals surface area contributed by atoms with Crippen LogP contribution in [0.15, 0.2) is 49.1 Å². The van der Waals surface area contributed by atoms with Gasteiger partial charge in [-0.1, -0.05) is 30.3 Å².